The van der Waals surface area contributed by atoms with Crippen LogP contribution in [0.3, 0.4) is 0 Å². The monoisotopic (exact) mass is 366 g/mol. The van der Waals surface area contributed by atoms with E-state index >= 15 is 0 Å². The van der Waals surface area contributed by atoms with E-state index in [0.717, 1.165) is 16.7 Å². The highest BCUT2D eigenvalue weighted by molar-refractivity contribution is 9.10. The van der Waals surface area contributed by atoms with Gasteiger partial charge in [-0.25, -0.2) is 0 Å². The molecule has 0 saturated carbocycles. The van der Waals surface area contributed by atoms with Crippen LogP contribution in [0.4, 0.5) is 11.4 Å². The number of ether oxygens (including phenoxy) is 1. The molecule has 4 nitrogen and oxygen atoms in total. The molecule has 21 heavy (non-hydrogen) atoms. The molecule has 1 unspecified atom stereocenters. The van der Waals surface area contributed by atoms with E-state index in [9.17, 15) is 4.79 Å². The van der Waals surface area contributed by atoms with Crippen LogP contribution in [0.15, 0.2) is 28.7 Å². The Kier molecular flexibility index (Phi) is 3.91. The van der Waals surface area contributed by atoms with Crippen molar-refractivity contribution in [1.29, 1.82) is 0 Å². The Bertz CT molecular complexity index is 679. The maximum Gasteiger partial charge on any atom is 0.265 e. The Morgan fingerprint density at radius 1 is 1.43 bits per heavy atom. The van der Waals surface area contributed by atoms with Crippen molar-refractivity contribution in [3.05, 3.63) is 38.5 Å². The van der Waals surface area contributed by atoms with Gasteiger partial charge in [0.25, 0.3) is 5.91 Å². The van der Waals surface area contributed by atoms with Crippen molar-refractivity contribution in [2.45, 2.75) is 26.5 Å². The minimum atomic E-state index is -0.442. The van der Waals surface area contributed by atoms with Gasteiger partial charge in [0, 0.05) is 26.5 Å². The van der Waals surface area contributed by atoms with Crippen LogP contribution in [0, 0.1) is 6.92 Å². The molecule has 3 rings (SSSR count). The quantitative estimate of drug-likeness (QED) is 0.857. The standard InChI is InChI=1S/C15H15BrN2O2S/c1-8-15(19)18-13-5-10(3-4-14(13)20-8)17-7-11-6-12(16)9(2)21-11/h3-6,8,17H,7H2,1-2H3,(H,18,19). The fourth-order valence-electron chi connectivity index (χ4n) is 2.11. The van der Waals surface area contributed by atoms with Crippen LogP contribution in [-0.4, -0.2) is 12.0 Å². The normalized spacial score (nSPS) is 16.9. The van der Waals surface area contributed by atoms with E-state index in [1.165, 1.54) is 9.75 Å². The second kappa shape index (κ2) is 5.69. The van der Waals surface area contributed by atoms with Crippen LogP contribution in [0.1, 0.15) is 16.7 Å². The first kappa shape index (κ1) is 14.4. The molecular weight excluding hydrogens is 352 g/mol. The minimum absolute atomic E-state index is 0.113. The van der Waals surface area contributed by atoms with Gasteiger partial charge in [-0.15, -0.1) is 11.3 Å². The molecule has 0 aliphatic carbocycles. The Hall–Kier alpha value is -1.53. The highest BCUT2D eigenvalue weighted by Gasteiger charge is 2.23. The lowest BCUT2D eigenvalue weighted by Gasteiger charge is -2.23. The summed E-state index contributed by atoms with van der Waals surface area (Å²) in [7, 11) is 0. The summed E-state index contributed by atoms with van der Waals surface area (Å²) >= 11 is 5.28. The zero-order chi connectivity index (χ0) is 15.0. The topological polar surface area (TPSA) is 50.4 Å². The fourth-order valence-corrected chi connectivity index (χ4v) is 3.65. The van der Waals surface area contributed by atoms with Crippen molar-refractivity contribution in [3.8, 4) is 5.75 Å². The van der Waals surface area contributed by atoms with Crippen molar-refractivity contribution in [3.63, 3.8) is 0 Å². The molecule has 1 aromatic carbocycles. The summed E-state index contributed by atoms with van der Waals surface area (Å²) in [6.07, 6.45) is -0.442. The lowest BCUT2D eigenvalue weighted by Crippen LogP contribution is -2.34. The molecule has 1 aliphatic rings. The van der Waals surface area contributed by atoms with Crippen molar-refractivity contribution in [2.75, 3.05) is 10.6 Å². The molecule has 0 fully saturated rings. The molecule has 0 saturated heterocycles. The van der Waals surface area contributed by atoms with E-state index in [1.54, 1.807) is 18.3 Å². The third kappa shape index (κ3) is 3.06. The third-order valence-electron chi connectivity index (χ3n) is 3.29. The molecule has 2 aromatic rings. The van der Waals surface area contributed by atoms with Crippen LogP contribution >= 0.6 is 27.3 Å². The van der Waals surface area contributed by atoms with E-state index in [2.05, 4.69) is 39.6 Å². The second-order valence-corrected chi connectivity index (χ2v) is 7.13. The number of thiophene rings is 1. The molecule has 0 radical (unpaired) electrons. The molecule has 0 bridgehead atoms. The lowest BCUT2D eigenvalue weighted by atomic mass is 10.2. The molecule has 1 amide bonds. The Labute approximate surface area is 135 Å². The number of benzene rings is 1. The van der Waals surface area contributed by atoms with Crippen LogP contribution in [-0.2, 0) is 11.3 Å². The van der Waals surface area contributed by atoms with Crippen molar-refractivity contribution in [1.82, 2.24) is 0 Å². The van der Waals surface area contributed by atoms with Crippen molar-refractivity contribution in [2.24, 2.45) is 0 Å². The molecule has 1 aliphatic heterocycles. The lowest BCUT2D eigenvalue weighted by molar-refractivity contribution is -0.122. The highest BCUT2D eigenvalue weighted by Crippen LogP contribution is 2.33. The molecule has 0 spiro atoms. The number of carbonyl (C=O) groups excluding carboxylic acids is 1. The first-order chi connectivity index (χ1) is 10.0. The van der Waals surface area contributed by atoms with Gasteiger partial charge >= 0.3 is 0 Å². The fraction of sp³-hybridized carbons (Fsp3) is 0.267. The number of halogens is 1. The van der Waals surface area contributed by atoms with Gasteiger partial charge in [-0.2, -0.15) is 0 Å². The van der Waals surface area contributed by atoms with Crippen molar-refractivity contribution < 1.29 is 9.53 Å². The van der Waals surface area contributed by atoms with Gasteiger partial charge in [-0.05, 0) is 54.0 Å². The van der Waals surface area contributed by atoms with Crippen molar-refractivity contribution >= 4 is 44.5 Å². The summed E-state index contributed by atoms with van der Waals surface area (Å²) in [5.74, 6) is 0.597. The first-order valence-corrected chi connectivity index (χ1v) is 8.24. The second-order valence-electron chi connectivity index (χ2n) is 4.93. The third-order valence-corrected chi connectivity index (χ3v) is 5.42. The minimum Gasteiger partial charge on any atom is -0.479 e. The Morgan fingerprint density at radius 2 is 2.24 bits per heavy atom. The molecule has 110 valence electrons. The average Bonchev–Trinajstić information content (AvgIpc) is 2.77. The number of hydrogen-bond acceptors (Lipinski definition) is 4. The molecular formula is C15H15BrN2O2S. The summed E-state index contributed by atoms with van der Waals surface area (Å²) in [6.45, 7) is 4.58. The Balaban J connectivity index is 1.72. The molecule has 1 aromatic heterocycles. The molecule has 1 atom stereocenters. The SMILES string of the molecule is Cc1sc(CNc2ccc3c(c2)NC(=O)C(C)O3)cc1Br. The van der Waals surface area contributed by atoms with Crippen LogP contribution in [0.2, 0.25) is 0 Å². The summed E-state index contributed by atoms with van der Waals surface area (Å²) in [6, 6.07) is 7.86. The number of carbonyl (C=O) groups is 1. The number of anilines is 2. The number of aryl methyl sites for hydroxylation is 1. The number of rotatable bonds is 3. The van der Waals surface area contributed by atoms with E-state index in [0.29, 0.717) is 11.4 Å². The van der Waals surface area contributed by atoms with Gasteiger partial charge in [0.2, 0.25) is 0 Å². The van der Waals surface area contributed by atoms with E-state index in [-0.39, 0.29) is 5.91 Å². The Morgan fingerprint density at radius 3 is 2.95 bits per heavy atom. The first-order valence-electron chi connectivity index (χ1n) is 6.63. The van der Waals surface area contributed by atoms with Crippen LogP contribution in [0.25, 0.3) is 0 Å². The summed E-state index contributed by atoms with van der Waals surface area (Å²) in [5, 5.41) is 6.21. The van der Waals surface area contributed by atoms with Gasteiger partial charge in [0.05, 0.1) is 5.69 Å². The molecule has 2 N–H and O–H groups in total. The van der Waals surface area contributed by atoms with Gasteiger partial charge in [-0.1, -0.05) is 0 Å². The van der Waals surface area contributed by atoms with Crippen LogP contribution < -0.4 is 15.4 Å². The maximum absolute atomic E-state index is 11.6. The zero-order valence-corrected chi connectivity index (χ0v) is 14.1. The maximum atomic E-state index is 11.6. The van der Waals surface area contributed by atoms with Gasteiger partial charge in [0.15, 0.2) is 6.10 Å². The van der Waals surface area contributed by atoms with E-state index < -0.39 is 6.10 Å². The van der Waals surface area contributed by atoms with Gasteiger partial charge < -0.3 is 15.4 Å². The predicted octanol–water partition coefficient (Wildman–Crippen LogP) is 4.15. The number of amides is 1. The predicted molar refractivity (Wildman–Crippen MR) is 89.2 cm³/mol. The number of fused-ring (bicyclic) bond motifs is 1. The summed E-state index contributed by atoms with van der Waals surface area (Å²) in [4.78, 5) is 14.2. The summed E-state index contributed by atoms with van der Waals surface area (Å²) < 4.78 is 6.68. The van der Waals surface area contributed by atoms with Crippen LogP contribution in [0.5, 0.6) is 5.75 Å². The average molecular weight is 367 g/mol. The number of hydrogen-bond donors (Lipinski definition) is 2. The van der Waals surface area contributed by atoms with E-state index in [4.69, 9.17) is 4.74 Å². The highest BCUT2D eigenvalue weighted by atomic mass is 79.9. The zero-order valence-electron chi connectivity index (χ0n) is 11.7. The smallest absolute Gasteiger partial charge is 0.265 e. The summed E-state index contributed by atoms with van der Waals surface area (Å²) in [5.41, 5.74) is 1.67. The number of nitrogens with one attached hydrogen (secondary N) is 2. The molecule has 6 heteroatoms. The van der Waals surface area contributed by atoms with E-state index in [1.807, 2.05) is 18.2 Å². The largest absolute Gasteiger partial charge is 0.479 e. The van der Waals surface area contributed by atoms with Gasteiger partial charge in [-0.3, -0.25) is 4.79 Å². The van der Waals surface area contributed by atoms with Gasteiger partial charge in [0.1, 0.15) is 5.75 Å². The molecule has 2 heterocycles.